The number of ether oxygens (including phenoxy) is 3. The molecule has 0 bridgehead atoms. The van der Waals surface area contributed by atoms with E-state index in [-0.39, 0.29) is 31.1 Å². The maximum absolute atomic E-state index is 12.7. The molecule has 0 aromatic carbocycles. The maximum atomic E-state index is 12.7. The highest BCUT2D eigenvalue weighted by atomic mass is 16.6. The van der Waals surface area contributed by atoms with Crippen molar-refractivity contribution in [2.24, 2.45) is 0 Å². The topological polar surface area (TPSA) is 78.9 Å². The highest BCUT2D eigenvalue weighted by Crippen LogP contribution is 2.17. The van der Waals surface area contributed by atoms with E-state index in [1.165, 1.54) is 199 Å². The largest absolute Gasteiger partial charge is 0.462 e. The molecule has 0 aliphatic heterocycles. The van der Waals surface area contributed by atoms with Gasteiger partial charge in [0.25, 0.3) is 0 Å². The highest BCUT2D eigenvalue weighted by molar-refractivity contribution is 5.71. The summed E-state index contributed by atoms with van der Waals surface area (Å²) in [6, 6.07) is 0. The van der Waals surface area contributed by atoms with Gasteiger partial charge in [0.15, 0.2) is 6.10 Å². The number of rotatable bonds is 50. The van der Waals surface area contributed by atoms with Gasteiger partial charge in [0, 0.05) is 19.3 Å². The summed E-state index contributed by atoms with van der Waals surface area (Å²) < 4.78 is 16.8. The van der Waals surface area contributed by atoms with Crippen molar-refractivity contribution in [2.75, 3.05) is 13.2 Å². The second kappa shape index (κ2) is 50.8. The molecular formula is C55H104O6. The number of carbonyl (C=O) groups excluding carboxylic acids is 3. The Hall–Kier alpha value is -1.85. The first-order valence-corrected chi connectivity index (χ1v) is 27.2. The van der Waals surface area contributed by atoms with Gasteiger partial charge in [-0.25, -0.2) is 0 Å². The van der Waals surface area contributed by atoms with Crippen LogP contribution in [0, 0.1) is 0 Å². The van der Waals surface area contributed by atoms with E-state index in [1.807, 2.05) is 0 Å². The predicted octanol–water partition coefficient (Wildman–Crippen LogP) is 17.8. The molecule has 1 unspecified atom stereocenters. The van der Waals surface area contributed by atoms with Crippen molar-refractivity contribution in [2.45, 2.75) is 309 Å². The fourth-order valence-electron chi connectivity index (χ4n) is 8.13. The molecule has 1 atom stereocenters. The summed E-state index contributed by atoms with van der Waals surface area (Å²) in [7, 11) is 0. The quantitative estimate of drug-likeness (QED) is 0.0262. The lowest BCUT2D eigenvalue weighted by Gasteiger charge is -2.18. The average molecular weight is 861 g/mol. The summed E-state index contributed by atoms with van der Waals surface area (Å²) in [5.41, 5.74) is 0. The lowest BCUT2D eigenvalue weighted by molar-refractivity contribution is -0.167. The van der Waals surface area contributed by atoms with Gasteiger partial charge in [0.05, 0.1) is 0 Å². The van der Waals surface area contributed by atoms with Crippen LogP contribution in [-0.4, -0.2) is 37.2 Å². The Morgan fingerprint density at radius 1 is 0.311 bits per heavy atom. The number of esters is 3. The third-order valence-electron chi connectivity index (χ3n) is 12.3. The minimum absolute atomic E-state index is 0.0684. The second-order valence-electron chi connectivity index (χ2n) is 18.5. The van der Waals surface area contributed by atoms with E-state index in [1.54, 1.807) is 0 Å². The van der Waals surface area contributed by atoms with Crippen molar-refractivity contribution >= 4 is 17.9 Å². The molecule has 0 saturated heterocycles. The first kappa shape index (κ1) is 59.1. The van der Waals surface area contributed by atoms with Crippen molar-refractivity contribution in [3.8, 4) is 0 Å². The summed E-state index contributed by atoms with van der Waals surface area (Å²) in [6.07, 6.45) is 56.5. The zero-order chi connectivity index (χ0) is 44.4. The number of carbonyl (C=O) groups is 3. The Bertz CT molecular complexity index is 947. The SMILES string of the molecule is CCCC/C=C\CCCCCCCC(=O)OC(COC(=O)CCCCCCCCCCC)COC(=O)CCCCCCCCCCCCCCCCCCCCCCCCC. The third-order valence-corrected chi connectivity index (χ3v) is 12.3. The Morgan fingerprint density at radius 3 is 0.869 bits per heavy atom. The van der Waals surface area contributed by atoms with Crippen LogP contribution >= 0.6 is 0 Å². The molecule has 0 amide bonds. The van der Waals surface area contributed by atoms with Crippen LogP contribution in [0.15, 0.2) is 12.2 Å². The van der Waals surface area contributed by atoms with Gasteiger partial charge in [-0.05, 0) is 38.5 Å². The van der Waals surface area contributed by atoms with Gasteiger partial charge < -0.3 is 14.2 Å². The lowest BCUT2D eigenvalue weighted by atomic mass is 10.0. The minimum Gasteiger partial charge on any atom is -0.462 e. The number of hydrogen-bond donors (Lipinski definition) is 0. The summed E-state index contributed by atoms with van der Waals surface area (Å²) in [6.45, 7) is 6.61. The Balaban J connectivity index is 4.12. The van der Waals surface area contributed by atoms with E-state index in [0.717, 1.165) is 64.2 Å². The van der Waals surface area contributed by atoms with Crippen molar-refractivity contribution < 1.29 is 28.6 Å². The molecule has 0 heterocycles. The fourth-order valence-corrected chi connectivity index (χ4v) is 8.13. The average Bonchev–Trinajstić information content (AvgIpc) is 3.26. The molecule has 0 rings (SSSR count). The van der Waals surface area contributed by atoms with Crippen LogP contribution < -0.4 is 0 Å². The monoisotopic (exact) mass is 861 g/mol. The molecule has 0 saturated carbocycles. The molecule has 0 aromatic rings. The molecular weight excluding hydrogens is 757 g/mol. The van der Waals surface area contributed by atoms with Gasteiger partial charge in [-0.15, -0.1) is 0 Å². The molecule has 6 heteroatoms. The van der Waals surface area contributed by atoms with E-state index in [0.29, 0.717) is 19.3 Å². The van der Waals surface area contributed by atoms with Crippen LogP contribution in [0.1, 0.15) is 303 Å². The molecule has 0 radical (unpaired) electrons. The lowest BCUT2D eigenvalue weighted by Crippen LogP contribution is -2.30. The third kappa shape index (κ3) is 49.0. The summed E-state index contributed by atoms with van der Waals surface area (Å²) in [5.74, 6) is -0.865. The number of hydrogen-bond acceptors (Lipinski definition) is 6. The van der Waals surface area contributed by atoms with Crippen LogP contribution in [0.4, 0.5) is 0 Å². The van der Waals surface area contributed by atoms with Gasteiger partial charge >= 0.3 is 17.9 Å². The number of unbranched alkanes of at least 4 members (excludes halogenated alkanes) is 37. The normalized spacial score (nSPS) is 12.0. The molecule has 360 valence electrons. The van der Waals surface area contributed by atoms with Crippen molar-refractivity contribution in [3.05, 3.63) is 12.2 Å². The maximum Gasteiger partial charge on any atom is 0.306 e. The van der Waals surface area contributed by atoms with Crippen LogP contribution in [0.2, 0.25) is 0 Å². The van der Waals surface area contributed by atoms with Crippen molar-refractivity contribution in [1.82, 2.24) is 0 Å². The minimum atomic E-state index is -0.766. The second-order valence-corrected chi connectivity index (χ2v) is 18.5. The molecule has 0 N–H and O–H groups in total. The molecule has 0 aliphatic rings. The molecule has 0 spiro atoms. The standard InChI is InChI=1S/C55H104O6/c1-4-7-10-13-16-19-21-22-23-24-25-26-27-28-29-30-31-32-34-36-39-42-45-48-54(57)60-51-52(50-59-53(56)47-44-41-38-35-18-15-12-9-6-3)61-55(58)49-46-43-40-37-33-20-17-14-11-8-5-2/h14,17,52H,4-13,15-16,18-51H2,1-3H3/b17-14-. The summed E-state index contributed by atoms with van der Waals surface area (Å²) in [4.78, 5) is 37.8. The van der Waals surface area contributed by atoms with Gasteiger partial charge in [0.2, 0.25) is 0 Å². The Morgan fingerprint density at radius 2 is 0.557 bits per heavy atom. The van der Waals surface area contributed by atoms with E-state index >= 15 is 0 Å². The van der Waals surface area contributed by atoms with Crippen LogP contribution in [0.25, 0.3) is 0 Å². The van der Waals surface area contributed by atoms with E-state index in [4.69, 9.17) is 14.2 Å². The highest BCUT2D eigenvalue weighted by Gasteiger charge is 2.19. The fraction of sp³-hybridized carbons (Fsp3) is 0.909. The molecule has 0 aromatic heterocycles. The smallest absolute Gasteiger partial charge is 0.306 e. The van der Waals surface area contributed by atoms with Crippen molar-refractivity contribution in [1.29, 1.82) is 0 Å². The predicted molar refractivity (Wildman–Crippen MR) is 261 cm³/mol. The molecule has 6 nitrogen and oxygen atoms in total. The molecule has 0 aliphatic carbocycles. The van der Waals surface area contributed by atoms with E-state index in [2.05, 4.69) is 32.9 Å². The van der Waals surface area contributed by atoms with E-state index < -0.39 is 6.10 Å². The zero-order valence-electron chi connectivity index (χ0n) is 41.2. The molecule has 61 heavy (non-hydrogen) atoms. The van der Waals surface area contributed by atoms with Gasteiger partial charge in [-0.2, -0.15) is 0 Å². The van der Waals surface area contributed by atoms with Crippen molar-refractivity contribution in [3.63, 3.8) is 0 Å². The number of allylic oxidation sites excluding steroid dienone is 2. The first-order valence-electron chi connectivity index (χ1n) is 27.2. The zero-order valence-corrected chi connectivity index (χ0v) is 41.2. The van der Waals surface area contributed by atoms with Gasteiger partial charge in [-0.1, -0.05) is 258 Å². The Kier molecular flexibility index (Phi) is 49.3. The summed E-state index contributed by atoms with van der Waals surface area (Å²) in [5, 5.41) is 0. The van der Waals surface area contributed by atoms with Crippen LogP contribution in [0.3, 0.4) is 0 Å². The summed E-state index contributed by atoms with van der Waals surface area (Å²) >= 11 is 0. The first-order chi connectivity index (χ1) is 30.0. The van der Waals surface area contributed by atoms with Gasteiger partial charge in [0.1, 0.15) is 13.2 Å². The van der Waals surface area contributed by atoms with E-state index in [9.17, 15) is 14.4 Å². The van der Waals surface area contributed by atoms with Crippen LogP contribution in [0.5, 0.6) is 0 Å². The van der Waals surface area contributed by atoms with Gasteiger partial charge in [-0.3, -0.25) is 14.4 Å². The van der Waals surface area contributed by atoms with Crippen LogP contribution in [-0.2, 0) is 28.6 Å². The Labute approximate surface area is 380 Å². The molecule has 0 fully saturated rings.